The number of fused-ring (bicyclic) bond motifs is 7. The van der Waals surface area contributed by atoms with E-state index in [0.717, 1.165) is 38.2 Å². The minimum absolute atomic E-state index is 0.0452. The summed E-state index contributed by atoms with van der Waals surface area (Å²) in [6.07, 6.45) is 0. The molecular formula is C30H20ClN5O5. The van der Waals surface area contributed by atoms with E-state index in [1.165, 1.54) is 0 Å². The SMILES string of the molecule is CCn1c2ccccc2c2cc(N3C(=O)C4C(C3=O)C3C(=O)N(c5nnc(-c6ccccc6Cl)o5)C(=O)C43)ccc21. The molecular weight excluding hydrogens is 546 g/mol. The number of halogens is 1. The molecule has 0 spiro atoms. The van der Waals surface area contributed by atoms with Gasteiger partial charge in [-0.15, -0.1) is 5.10 Å². The van der Waals surface area contributed by atoms with E-state index in [1.807, 2.05) is 36.4 Å². The van der Waals surface area contributed by atoms with Gasteiger partial charge in [0.25, 0.3) is 5.89 Å². The maximum atomic E-state index is 13.7. The van der Waals surface area contributed by atoms with Gasteiger partial charge in [0.05, 0.1) is 39.9 Å². The number of hydrogen-bond donors (Lipinski definition) is 0. The molecule has 0 bridgehead atoms. The van der Waals surface area contributed by atoms with Gasteiger partial charge >= 0.3 is 6.01 Å². The molecule has 4 unspecified atom stereocenters. The van der Waals surface area contributed by atoms with Crippen LogP contribution in [-0.4, -0.2) is 38.4 Å². The number of carbonyl (C=O) groups excluding carboxylic acids is 4. The lowest BCUT2D eigenvalue weighted by atomic mass is 9.59. The number of aromatic nitrogens is 3. The number of amides is 4. The molecule has 0 radical (unpaired) electrons. The quantitative estimate of drug-likeness (QED) is 0.295. The Morgan fingerprint density at radius 3 is 2.02 bits per heavy atom. The predicted molar refractivity (Wildman–Crippen MR) is 149 cm³/mol. The van der Waals surface area contributed by atoms with Crippen LogP contribution in [-0.2, 0) is 25.7 Å². The number of carbonyl (C=O) groups is 4. The van der Waals surface area contributed by atoms with Gasteiger partial charge in [0, 0.05) is 28.4 Å². The van der Waals surface area contributed by atoms with E-state index in [4.69, 9.17) is 16.0 Å². The van der Waals surface area contributed by atoms with Crippen molar-refractivity contribution in [1.29, 1.82) is 0 Å². The van der Waals surface area contributed by atoms with Crippen molar-refractivity contribution in [2.45, 2.75) is 13.5 Å². The van der Waals surface area contributed by atoms with Crippen LogP contribution in [0.25, 0.3) is 33.3 Å². The fourth-order valence-corrected chi connectivity index (χ4v) is 7.02. The molecule has 8 rings (SSSR count). The monoisotopic (exact) mass is 565 g/mol. The number of imide groups is 2. The van der Waals surface area contributed by atoms with Crippen molar-refractivity contribution in [2.75, 3.05) is 9.80 Å². The minimum atomic E-state index is -0.963. The Morgan fingerprint density at radius 2 is 1.34 bits per heavy atom. The zero-order valence-electron chi connectivity index (χ0n) is 21.5. The predicted octanol–water partition coefficient (Wildman–Crippen LogP) is 4.44. The summed E-state index contributed by atoms with van der Waals surface area (Å²) in [5.74, 6) is -5.94. The standard InChI is InChI=1S/C30H20ClN5O5/c1-2-34-19-10-6-4-7-15(19)17-13-14(11-12-20(17)34)35-26(37)21-22(27(35)38)24-23(21)28(39)36(29(24)40)30-33-32-25(41-30)16-8-3-5-9-18(16)31/h3-13,21-24H,2H2,1H3. The number of rotatable bonds is 4. The third-order valence-electron chi connectivity index (χ3n) is 8.61. The number of benzene rings is 3. The molecule has 2 aliphatic heterocycles. The second kappa shape index (κ2) is 8.34. The summed E-state index contributed by atoms with van der Waals surface area (Å²) < 4.78 is 7.83. The summed E-state index contributed by atoms with van der Waals surface area (Å²) in [4.78, 5) is 56.2. The van der Waals surface area contributed by atoms with Crippen LogP contribution < -0.4 is 9.80 Å². The van der Waals surface area contributed by atoms with Crippen molar-refractivity contribution in [3.05, 3.63) is 71.8 Å². The van der Waals surface area contributed by atoms with Crippen LogP contribution in [0.4, 0.5) is 11.7 Å². The van der Waals surface area contributed by atoms with Crippen LogP contribution in [0.5, 0.6) is 0 Å². The highest BCUT2D eigenvalue weighted by molar-refractivity contribution is 6.33. The maximum Gasteiger partial charge on any atom is 0.332 e. The Balaban J connectivity index is 1.12. The van der Waals surface area contributed by atoms with Crippen LogP contribution in [0.15, 0.2) is 71.1 Å². The molecule has 202 valence electrons. The fourth-order valence-electron chi connectivity index (χ4n) is 6.80. The van der Waals surface area contributed by atoms with Crippen LogP contribution in [0.1, 0.15) is 6.92 Å². The molecule has 4 amide bonds. The van der Waals surface area contributed by atoms with Crippen molar-refractivity contribution in [2.24, 2.45) is 23.7 Å². The number of para-hydroxylation sites is 1. The van der Waals surface area contributed by atoms with Gasteiger partial charge in [-0.25, -0.2) is 4.90 Å². The van der Waals surface area contributed by atoms with E-state index in [2.05, 4.69) is 21.7 Å². The average Bonchev–Trinajstić information content (AvgIpc) is 3.65. The lowest BCUT2D eigenvalue weighted by Crippen LogP contribution is -2.50. The smallest absolute Gasteiger partial charge is 0.332 e. The highest BCUT2D eigenvalue weighted by Gasteiger charge is 2.74. The molecule has 1 aliphatic carbocycles. The summed E-state index contributed by atoms with van der Waals surface area (Å²) in [5.41, 5.74) is 2.93. The van der Waals surface area contributed by atoms with E-state index < -0.39 is 47.3 Å². The van der Waals surface area contributed by atoms with Crippen LogP contribution in [0, 0.1) is 23.7 Å². The Labute approximate surface area is 237 Å². The van der Waals surface area contributed by atoms with E-state index in [-0.39, 0.29) is 11.9 Å². The van der Waals surface area contributed by atoms with E-state index in [0.29, 0.717) is 16.3 Å². The fraction of sp³-hybridized carbons (Fsp3) is 0.200. The first-order valence-electron chi connectivity index (χ1n) is 13.3. The second-order valence-electron chi connectivity index (χ2n) is 10.5. The van der Waals surface area contributed by atoms with Crippen LogP contribution >= 0.6 is 11.6 Å². The molecule has 5 aromatic rings. The lowest BCUT2D eigenvalue weighted by Gasteiger charge is -2.36. The zero-order valence-corrected chi connectivity index (χ0v) is 22.3. The first-order chi connectivity index (χ1) is 19.9. The van der Waals surface area contributed by atoms with Gasteiger partial charge in [-0.1, -0.05) is 47.0 Å². The Morgan fingerprint density at radius 1 is 0.732 bits per heavy atom. The molecule has 4 heterocycles. The molecule has 10 nitrogen and oxygen atoms in total. The molecule has 3 aromatic carbocycles. The normalized spacial score (nSPS) is 23.6. The van der Waals surface area contributed by atoms with Gasteiger partial charge in [-0.05, 0) is 43.3 Å². The molecule has 1 saturated carbocycles. The highest BCUT2D eigenvalue weighted by Crippen LogP contribution is 2.57. The van der Waals surface area contributed by atoms with Crippen molar-refractivity contribution < 1.29 is 23.6 Å². The number of hydrogen-bond acceptors (Lipinski definition) is 7. The average molecular weight is 566 g/mol. The summed E-state index contributed by atoms with van der Waals surface area (Å²) in [6.45, 7) is 2.83. The molecule has 2 aromatic heterocycles. The Hall–Kier alpha value is -4.83. The van der Waals surface area contributed by atoms with Gasteiger partial charge in [0.15, 0.2) is 0 Å². The molecule has 41 heavy (non-hydrogen) atoms. The van der Waals surface area contributed by atoms with Crippen molar-refractivity contribution in [3.8, 4) is 11.5 Å². The van der Waals surface area contributed by atoms with Gasteiger partial charge < -0.3 is 8.98 Å². The molecule has 3 fully saturated rings. The van der Waals surface area contributed by atoms with Crippen molar-refractivity contribution in [3.63, 3.8) is 0 Å². The highest BCUT2D eigenvalue weighted by atomic mass is 35.5. The third-order valence-corrected chi connectivity index (χ3v) is 8.94. The van der Waals surface area contributed by atoms with Gasteiger partial charge in [0.2, 0.25) is 23.6 Å². The van der Waals surface area contributed by atoms with Crippen molar-refractivity contribution in [1.82, 2.24) is 14.8 Å². The largest absolute Gasteiger partial charge is 0.403 e. The summed E-state index contributed by atoms with van der Waals surface area (Å²) >= 11 is 6.22. The lowest BCUT2D eigenvalue weighted by molar-refractivity contribution is -0.146. The van der Waals surface area contributed by atoms with E-state index in [9.17, 15) is 19.2 Å². The maximum absolute atomic E-state index is 13.7. The molecule has 3 aliphatic rings. The van der Waals surface area contributed by atoms with Crippen LogP contribution in [0.3, 0.4) is 0 Å². The summed E-state index contributed by atoms with van der Waals surface area (Å²) in [7, 11) is 0. The molecule has 11 heteroatoms. The third kappa shape index (κ3) is 3.02. The minimum Gasteiger partial charge on any atom is -0.403 e. The molecule has 4 atom stereocenters. The Bertz CT molecular complexity index is 1960. The first kappa shape index (κ1) is 24.0. The number of nitrogens with zero attached hydrogens (tertiary/aromatic N) is 5. The van der Waals surface area contributed by atoms with Crippen LogP contribution in [0.2, 0.25) is 5.02 Å². The Kier molecular flexibility index (Phi) is 4.88. The second-order valence-corrected chi connectivity index (χ2v) is 10.9. The summed E-state index contributed by atoms with van der Waals surface area (Å²) in [6, 6.07) is 19.9. The van der Waals surface area contributed by atoms with Gasteiger partial charge in [-0.3, -0.25) is 19.2 Å². The molecule has 2 saturated heterocycles. The number of anilines is 2. The van der Waals surface area contributed by atoms with Gasteiger partial charge in [0.1, 0.15) is 0 Å². The zero-order chi connectivity index (χ0) is 28.2. The van der Waals surface area contributed by atoms with Gasteiger partial charge in [-0.2, -0.15) is 4.90 Å². The number of aryl methyl sites for hydroxylation is 1. The van der Waals surface area contributed by atoms with E-state index in [1.54, 1.807) is 30.3 Å². The van der Waals surface area contributed by atoms with E-state index >= 15 is 0 Å². The van der Waals surface area contributed by atoms with Crippen molar-refractivity contribution >= 4 is 68.7 Å². The first-order valence-corrected chi connectivity index (χ1v) is 13.6. The molecule has 0 N–H and O–H groups in total. The topological polar surface area (TPSA) is 119 Å². The summed E-state index contributed by atoms with van der Waals surface area (Å²) in [5, 5.41) is 10.1.